The van der Waals surface area contributed by atoms with Crippen molar-refractivity contribution in [3.8, 4) is 0 Å². The van der Waals surface area contributed by atoms with Crippen molar-refractivity contribution >= 4 is 44.7 Å². The zero-order chi connectivity index (χ0) is 15.6. The third-order valence-electron chi connectivity index (χ3n) is 3.08. The van der Waals surface area contributed by atoms with Crippen molar-refractivity contribution in [3.63, 3.8) is 0 Å². The molecule has 10 heteroatoms. The predicted octanol–water partition coefficient (Wildman–Crippen LogP) is 0.501. The fourth-order valence-electron chi connectivity index (χ4n) is 2.01. The number of nitrogens with one attached hydrogen (secondary N) is 1. The van der Waals surface area contributed by atoms with E-state index in [4.69, 9.17) is 18.0 Å². The number of ether oxygens (including phenoxy) is 1. The van der Waals surface area contributed by atoms with Gasteiger partial charge in [-0.2, -0.15) is 4.31 Å². The van der Waals surface area contributed by atoms with Gasteiger partial charge in [-0.3, -0.25) is 0 Å². The summed E-state index contributed by atoms with van der Waals surface area (Å²) >= 11 is 5.88. The zero-order valence-corrected chi connectivity index (χ0v) is 13.7. The van der Waals surface area contributed by atoms with Gasteiger partial charge in [-0.25, -0.2) is 13.2 Å². The van der Waals surface area contributed by atoms with Crippen LogP contribution in [0.3, 0.4) is 0 Å². The molecular formula is C11H15N3O4S3. The average molecular weight is 349 g/mol. The van der Waals surface area contributed by atoms with Gasteiger partial charge < -0.3 is 15.8 Å². The average Bonchev–Trinajstić information content (AvgIpc) is 3.07. The molecule has 1 aromatic rings. The number of hydrogen-bond donors (Lipinski definition) is 2. The van der Waals surface area contributed by atoms with Crippen LogP contribution in [0.1, 0.15) is 11.3 Å². The van der Waals surface area contributed by atoms with Gasteiger partial charge in [-0.05, 0) is 18.6 Å². The molecule has 1 aliphatic heterocycles. The first-order valence-corrected chi connectivity index (χ1v) is 8.75. The van der Waals surface area contributed by atoms with E-state index in [0.717, 1.165) is 11.3 Å². The third-order valence-corrected chi connectivity index (χ3v) is 6.88. The number of nitrogens with zero attached hydrogens (tertiary/aromatic N) is 1. The predicted molar refractivity (Wildman–Crippen MR) is 82.9 cm³/mol. The van der Waals surface area contributed by atoms with Gasteiger partial charge in [-0.15, -0.1) is 11.3 Å². The number of rotatable bonds is 4. The largest absolute Gasteiger partial charge is 0.453 e. The van der Waals surface area contributed by atoms with E-state index in [0.29, 0.717) is 17.8 Å². The smallest absolute Gasteiger partial charge is 0.407 e. The van der Waals surface area contributed by atoms with E-state index in [-0.39, 0.29) is 21.8 Å². The van der Waals surface area contributed by atoms with E-state index in [1.165, 1.54) is 17.5 Å². The molecule has 21 heavy (non-hydrogen) atoms. The number of nitrogens with two attached hydrogens (primary N) is 1. The van der Waals surface area contributed by atoms with Crippen molar-refractivity contribution in [2.24, 2.45) is 5.73 Å². The topological polar surface area (TPSA) is 102 Å². The number of thiophene rings is 1. The number of methoxy groups -OCH3 is 1. The molecule has 7 nitrogen and oxygen atoms in total. The van der Waals surface area contributed by atoms with Crippen molar-refractivity contribution < 1.29 is 17.9 Å². The molecule has 0 saturated carbocycles. The number of amides is 1. The van der Waals surface area contributed by atoms with Crippen LogP contribution in [-0.4, -0.2) is 50.0 Å². The van der Waals surface area contributed by atoms with E-state index in [1.54, 1.807) is 6.07 Å². The Morgan fingerprint density at radius 1 is 1.57 bits per heavy atom. The third kappa shape index (κ3) is 3.51. The standard InChI is InChI=1S/C11H15N3O4S3/c1-18-11(15)13-7-4-5-14(6-7)21(16,17)9-3-2-8(20-9)10(12)19/h2-3,7H,4-6H2,1H3,(H2,12,19)(H,13,15). The highest BCUT2D eigenvalue weighted by molar-refractivity contribution is 7.91. The van der Waals surface area contributed by atoms with Crippen LogP contribution < -0.4 is 11.1 Å². The summed E-state index contributed by atoms with van der Waals surface area (Å²) in [4.78, 5) is 11.9. The molecule has 116 valence electrons. The number of sulfonamides is 1. The second kappa shape index (κ2) is 6.26. The Balaban J connectivity index is 2.10. The summed E-state index contributed by atoms with van der Waals surface area (Å²) in [5.74, 6) is 0. The minimum absolute atomic E-state index is 0.174. The Bertz CT molecular complexity index is 655. The number of thiocarbonyl (C=S) groups is 1. The number of hydrogen-bond acceptors (Lipinski definition) is 6. The van der Waals surface area contributed by atoms with E-state index in [9.17, 15) is 13.2 Å². The van der Waals surface area contributed by atoms with Crippen LogP contribution >= 0.6 is 23.6 Å². The highest BCUT2D eigenvalue weighted by Gasteiger charge is 2.34. The molecule has 3 N–H and O–H groups in total. The SMILES string of the molecule is COC(=O)NC1CCN(S(=O)(=O)c2ccc(C(N)=S)s2)C1. The minimum Gasteiger partial charge on any atom is -0.453 e. The van der Waals surface area contributed by atoms with Crippen molar-refractivity contribution in [3.05, 3.63) is 17.0 Å². The molecule has 1 atom stereocenters. The fourth-order valence-corrected chi connectivity index (χ4v) is 5.01. The molecule has 0 aromatic carbocycles. The molecule has 1 amide bonds. The first-order valence-electron chi connectivity index (χ1n) is 6.09. The monoisotopic (exact) mass is 349 g/mol. The molecule has 1 aliphatic rings. The Labute approximate surface area is 132 Å². The summed E-state index contributed by atoms with van der Waals surface area (Å²) < 4.78 is 31.0. The first kappa shape index (κ1) is 16.1. The maximum Gasteiger partial charge on any atom is 0.407 e. The first-order chi connectivity index (χ1) is 9.84. The molecule has 1 saturated heterocycles. The van der Waals surface area contributed by atoms with Crippen LogP contribution in [0.4, 0.5) is 4.79 Å². The van der Waals surface area contributed by atoms with Gasteiger partial charge in [0.25, 0.3) is 10.0 Å². The van der Waals surface area contributed by atoms with Crippen LogP contribution in [0, 0.1) is 0 Å². The van der Waals surface area contributed by atoms with E-state index >= 15 is 0 Å². The van der Waals surface area contributed by atoms with Crippen LogP contribution in [0.2, 0.25) is 0 Å². The van der Waals surface area contributed by atoms with Gasteiger partial charge in [0, 0.05) is 19.1 Å². The van der Waals surface area contributed by atoms with Crippen LogP contribution in [-0.2, 0) is 14.8 Å². The lowest BCUT2D eigenvalue weighted by molar-refractivity contribution is 0.167. The lowest BCUT2D eigenvalue weighted by Gasteiger charge is -2.15. The minimum atomic E-state index is -3.58. The lowest BCUT2D eigenvalue weighted by Crippen LogP contribution is -2.38. The summed E-state index contributed by atoms with van der Waals surface area (Å²) in [5.41, 5.74) is 5.49. The molecule has 0 bridgehead atoms. The highest BCUT2D eigenvalue weighted by atomic mass is 32.2. The quantitative estimate of drug-likeness (QED) is 0.768. The maximum absolute atomic E-state index is 12.5. The molecule has 0 spiro atoms. The Hall–Kier alpha value is -1.23. The summed E-state index contributed by atoms with van der Waals surface area (Å²) in [6, 6.07) is 2.85. The lowest BCUT2D eigenvalue weighted by atomic mass is 10.3. The molecule has 1 unspecified atom stereocenters. The second-order valence-electron chi connectivity index (χ2n) is 4.47. The Morgan fingerprint density at radius 2 is 2.29 bits per heavy atom. The van der Waals surface area contributed by atoms with Crippen molar-refractivity contribution in [2.45, 2.75) is 16.7 Å². The number of carbonyl (C=O) groups is 1. The van der Waals surface area contributed by atoms with Gasteiger partial charge in [0.05, 0.1) is 12.0 Å². The van der Waals surface area contributed by atoms with Crippen molar-refractivity contribution in [1.82, 2.24) is 9.62 Å². The van der Waals surface area contributed by atoms with Crippen molar-refractivity contribution in [1.29, 1.82) is 0 Å². The molecule has 0 radical (unpaired) electrons. The Kier molecular flexibility index (Phi) is 4.81. The molecular weight excluding hydrogens is 334 g/mol. The molecule has 2 heterocycles. The van der Waals surface area contributed by atoms with E-state index < -0.39 is 16.1 Å². The highest BCUT2D eigenvalue weighted by Crippen LogP contribution is 2.27. The van der Waals surface area contributed by atoms with Crippen LogP contribution in [0.15, 0.2) is 16.3 Å². The second-order valence-corrected chi connectivity index (χ2v) is 8.16. The number of alkyl carbamates (subject to hydrolysis) is 1. The summed E-state index contributed by atoms with van der Waals surface area (Å²) in [7, 11) is -2.32. The van der Waals surface area contributed by atoms with Gasteiger partial charge in [0.15, 0.2) is 0 Å². The van der Waals surface area contributed by atoms with Gasteiger partial charge in [-0.1, -0.05) is 12.2 Å². The van der Waals surface area contributed by atoms with Crippen LogP contribution in [0.5, 0.6) is 0 Å². The van der Waals surface area contributed by atoms with Gasteiger partial charge >= 0.3 is 6.09 Å². The Morgan fingerprint density at radius 3 is 2.86 bits per heavy atom. The fraction of sp³-hybridized carbons (Fsp3) is 0.455. The van der Waals surface area contributed by atoms with E-state index in [1.807, 2.05) is 0 Å². The normalized spacial score (nSPS) is 19.4. The molecule has 2 rings (SSSR count). The molecule has 1 aromatic heterocycles. The summed E-state index contributed by atoms with van der Waals surface area (Å²) in [6.45, 7) is 0.565. The van der Waals surface area contributed by atoms with Crippen LogP contribution in [0.25, 0.3) is 0 Å². The van der Waals surface area contributed by atoms with Gasteiger partial charge in [0.1, 0.15) is 9.20 Å². The van der Waals surface area contributed by atoms with E-state index in [2.05, 4.69) is 10.1 Å². The van der Waals surface area contributed by atoms with Gasteiger partial charge in [0.2, 0.25) is 0 Å². The molecule has 0 aliphatic carbocycles. The zero-order valence-electron chi connectivity index (χ0n) is 11.2. The number of carbonyl (C=O) groups excluding carboxylic acids is 1. The molecule has 1 fully saturated rings. The maximum atomic E-state index is 12.5. The summed E-state index contributed by atoms with van der Waals surface area (Å²) in [5, 5.41) is 2.60. The summed E-state index contributed by atoms with van der Waals surface area (Å²) in [6.07, 6.45) is -0.0202. The van der Waals surface area contributed by atoms with Crippen molar-refractivity contribution in [2.75, 3.05) is 20.2 Å².